The number of aliphatic carboxylic acids is 1. The van der Waals surface area contributed by atoms with Crippen LogP contribution in [0.25, 0.3) is 0 Å². The predicted octanol–water partition coefficient (Wildman–Crippen LogP) is 6.44. The lowest BCUT2D eigenvalue weighted by Crippen LogP contribution is -2.65. The largest absolute Gasteiger partial charge is 0.537 e. The lowest BCUT2D eigenvalue weighted by molar-refractivity contribution is -0.272. The fourth-order valence-corrected chi connectivity index (χ4v) is 8.02. The molecule has 3 saturated carbocycles. The van der Waals surface area contributed by atoms with E-state index in [9.17, 15) is 144 Å². The molecule has 1 N–H and O–H groups in total. The Kier molecular flexibility index (Phi) is 12.6. The van der Waals surface area contributed by atoms with E-state index in [1.165, 1.54) is 0 Å². The number of fused-ring (bicyclic) bond motifs is 3. The van der Waals surface area contributed by atoms with Gasteiger partial charge in [-0.25, -0.2) is 79.9 Å². The fourth-order valence-electron chi connectivity index (χ4n) is 8.02. The van der Waals surface area contributed by atoms with Crippen LogP contribution in [-0.4, -0.2) is 149 Å². The molecule has 12 nitrogen and oxygen atoms in total. The van der Waals surface area contributed by atoms with Gasteiger partial charge >= 0.3 is 30.3 Å². The highest BCUT2D eigenvalue weighted by Crippen LogP contribution is 2.62. The van der Waals surface area contributed by atoms with Gasteiger partial charge < -0.3 is 19.2 Å². The van der Waals surface area contributed by atoms with Crippen LogP contribution in [0.5, 0.6) is 0 Å². The molecule has 36 heteroatoms. The summed E-state index contributed by atoms with van der Waals surface area (Å²) in [6, 6.07) is 0. The maximum atomic E-state index is 14.5. The van der Waals surface area contributed by atoms with Crippen LogP contribution in [0.15, 0.2) is 0 Å². The molecule has 6 unspecified atom stereocenters. The molecule has 0 aromatic heterocycles. The molecule has 6 amide bonds. The number of carboxylic acids is 1. The third-order valence-corrected chi connectivity index (χ3v) is 11.5. The summed E-state index contributed by atoms with van der Waals surface area (Å²) in [5, 5.41) is 8.42. The van der Waals surface area contributed by atoms with E-state index in [0.29, 0.717) is 0 Å². The summed E-state index contributed by atoms with van der Waals surface area (Å²) in [6.45, 7) is 0. The molecule has 0 radical (unpaired) electrons. The van der Waals surface area contributed by atoms with Crippen molar-refractivity contribution < 1.29 is 149 Å². The third-order valence-electron chi connectivity index (χ3n) is 11.5. The minimum Gasteiger partial charge on any atom is -0.537 e. The van der Waals surface area contributed by atoms with E-state index in [-0.39, 0.29) is 6.29 Å². The van der Waals surface area contributed by atoms with Crippen LogP contribution in [-0.2, 0) is 38.4 Å². The molecule has 6 rings (SSSR count). The van der Waals surface area contributed by atoms with Crippen molar-refractivity contribution in [2.45, 2.75) is 140 Å². The maximum Gasteiger partial charge on any atom is 0.454 e. The zero-order valence-electron chi connectivity index (χ0n) is 32.0. The lowest BCUT2D eigenvalue weighted by atomic mass is 9.73. The summed E-state index contributed by atoms with van der Waals surface area (Å²) in [6.07, 6.45) is -33.4. The number of alkyl halides is 23. The molecule has 0 aromatic rings. The van der Waals surface area contributed by atoms with Crippen LogP contribution in [0, 0.1) is 6.30 Å². The van der Waals surface area contributed by atoms with Crippen molar-refractivity contribution in [3.05, 3.63) is 6.30 Å². The van der Waals surface area contributed by atoms with Crippen LogP contribution in [0.1, 0.15) is 57.8 Å². The summed E-state index contributed by atoms with van der Waals surface area (Å²) in [5.41, 5.74) is -28.2. The van der Waals surface area contributed by atoms with Gasteiger partial charge in [-0.3, -0.25) is 33.7 Å². The van der Waals surface area contributed by atoms with Crippen molar-refractivity contribution >= 4 is 47.7 Å². The SMILES string of the molecule is O=C1N([C-](F)C(F)(F)F)C(=O)C2(F)C(F)(F)CCCC12F.O=C1N([C@](F)(C(=O)O)C(F)(F)F)C(=O)C2(F)C(F)(F)CCCC12F.O=[C-][C@@](F)(N1C(=O)C2(F)CCCC(F)(F)C2(F)C1=O)C(F)(F)F. The average molecular weight is 1050 g/mol. The highest BCUT2D eigenvalue weighted by molar-refractivity contribution is 6.17. The Balaban J connectivity index is 0.000000223. The minimum absolute atomic E-state index is 0.343. The highest BCUT2D eigenvalue weighted by Gasteiger charge is 2.89. The topological polar surface area (TPSA) is 167 Å². The summed E-state index contributed by atoms with van der Waals surface area (Å²) < 4.78 is 322. The van der Waals surface area contributed by atoms with Crippen molar-refractivity contribution in [2.75, 3.05) is 0 Å². The molecular formula is C32H19F24N3O9-2. The number of hydrogen-bond donors (Lipinski definition) is 1. The molecule has 3 aliphatic heterocycles. The van der Waals surface area contributed by atoms with Gasteiger partial charge in [-0.1, -0.05) is 0 Å². The van der Waals surface area contributed by atoms with Crippen molar-refractivity contribution in [1.29, 1.82) is 0 Å². The Morgan fingerprint density at radius 2 is 0.794 bits per heavy atom. The Morgan fingerprint density at radius 1 is 0.485 bits per heavy atom. The van der Waals surface area contributed by atoms with Crippen LogP contribution in [0.2, 0.25) is 0 Å². The summed E-state index contributed by atoms with van der Waals surface area (Å²) in [7, 11) is 0. The minimum atomic E-state index is -6.53. The molecule has 0 aromatic carbocycles. The van der Waals surface area contributed by atoms with Crippen molar-refractivity contribution in [3.63, 3.8) is 0 Å². The predicted molar refractivity (Wildman–Crippen MR) is 159 cm³/mol. The second-order valence-corrected chi connectivity index (χ2v) is 15.3. The quantitative estimate of drug-likeness (QED) is 0.141. The van der Waals surface area contributed by atoms with E-state index in [1.807, 2.05) is 0 Å². The molecule has 6 fully saturated rings. The molecule has 3 aliphatic carbocycles. The van der Waals surface area contributed by atoms with Crippen LogP contribution >= 0.6 is 0 Å². The van der Waals surface area contributed by atoms with E-state index in [1.54, 1.807) is 0 Å². The number of carbonyl (C=O) groups is 7. The first kappa shape index (κ1) is 55.5. The molecule has 6 aliphatic rings. The van der Waals surface area contributed by atoms with Gasteiger partial charge in [-0.05, 0) is 38.5 Å². The number of imide groups is 3. The number of carboxylic acid groups (broad SMARTS) is 1. The van der Waals surface area contributed by atoms with Crippen molar-refractivity contribution in [3.8, 4) is 0 Å². The third kappa shape index (κ3) is 6.60. The van der Waals surface area contributed by atoms with E-state index in [0.717, 1.165) is 0 Å². The first-order chi connectivity index (χ1) is 30.1. The molecule has 8 atom stereocenters. The van der Waals surface area contributed by atoms with E-state index in [4.69, 9.17) is 5.11 Å². The number of halogens is 24. The maximum absolute atomic E-state index is 14.5. The number of hydrogen-bond acceptors (Lipinski definition) is 8. The monoisotopic (exact) mass is 1050 g/mol. The second-order valence-electron chi connectivity index (χ2n) is 15.3. The summed E-state index contributed by atoms with van der Waals surface area (Å²) >= 11 is 0. The number of likely N-dealkylation sites (tertiary alicyclic amines) is 3. The van der Waals surface area contributed by atoms with E-state index in [2.05, 4.69) is 0 Å². The fraction of sp³-hybridized carbons (Fsp3) is 0.719. The van der Waals surface area contributed by atoms with Gasteiger partial charge in [0.2, 0.25) is 22.9 Å². The van der Waals surface area contributed by atoms with Crippen LogP contribution in [0.3, 0.4) is 0 Å². The van der Waals surface area contributed by atoms with Gasteiger partial charge in [0.1, 0.15) is 0 Å². The van der Waals surface area contributed by atoms with E-state index >= 15 is 0 Å². The number of amides is 6. The Morgan fingerprint density at radius 3 is 1.06 bits per heavy atom. The normalized spacial score (nSPS) is 36.2. The lowest BCUT2D eigenvalue weighted by Gasteiger charge is -2.39. The van der Waals surface area contributed by atoms with Crippen molar-refractivity contribution in [2.24, 2.45) is 0 Å². The first-order valence-corrected chi connectivity index (χ1v) is 17.8. The molecule has 0 spiro atoms. The zero-order valence-corrected chi connectivity index (χ0v) is 32.0. The van der Waals surface area contributed by atoms with Crippen LogP contribution in [0.4, 0.5) is 105 Å². The second kappa shape index (κ2) is 15.4. The Hall–Kier alpha value is -5.12. The standard InChI is InChI=1S/C11H7F8NO4.C11H6F8NO3.C10H6F8NO2/c12-7-2-1-3-8(13,14)9(7,15)5(22)20(4(7)21)10(16,6(23)24)11(17,18)19;12-7-2-1-3-8(13,14)10(7,16)6(23)20(5(7)22)9(15,4-21)11(17,18)19;11-4(10(16,17)18)19-5(20)7(12)2-1-3-8(13,14)9(7,15)6(19)21/h1-3H2,(H,23,24);1-3H2;1-3H2/q;2*-1/t7?,9?,10-;7?,9-,10?;/m11./s1. The van der Waals surface area contributed by atoms with Gasteiger partial charge in [0.05, 0.1) is 0 Å². The van der Waals surface area contributed by atoms with E-state index < -0.39 is 202 Å². The molecule has 3 saturated heterocycles. The van der Waals surface area contributed by atoms with Gasteiger partial charge in [0.25, 0.3) is 64.3 Å². The Bertz CT molecular complexity index is 2210. The summed E-state index contributed by atoms with van der Waals surface area (Å²) in [5.74, 6) is -47.1. The van der Waals surface area contributed by atoms with Crippen LogP contribution < -0.4 is 0 Å². The molecule has 386 valence electrons. The average Bonchev–Trinajstić information content (AvgIpc) is 3.53. The van der Waals surface area contributed by atoms with Gasteiger partial charge in [-0.2, -0.15) is 37.0 Å². The molecule has 68 heavy (non-hydrogen) atoms. The number of rotatable bonds is 5. The zero-order chi connectivity index (χ0) is 53.4. The Labute approximate surface area is 357 Å². The molecule has 0 bridgehead atoms. The highest BCUT2D eigenvalue weighted by atomic mass is 19.4. The number of nitrogens with zero attached hydrogens (tertiary/aromatic N) is 3. The van der Waals surface area contributed by atoms with Gasteiger partial charge in [0, 0.05) is 25.6 Å². The van der Waals surface area contributed by atoms with Gasteiger partial charge in [-0.15, -0.1) is 0 Å². The smallest absolute Gasteiger partial charge is 0.454 e. The number of carbonyl (C=O) groups excluding carboxylic acids is 7. The van der Waals surface area contributed by atoms with Crippen molar-refractivity contribution in [1.82, 2.24) is 14.7 Å². The molecule has 3 heterocycles. The first-order valence-electron chi connectivity index (χ1n) is 17.8. The van der Waals surface area contributed by atoms with Gasteiger partial charge in [0.15, 0.2) is 5.79 Å². The summed E-state index contributed by atoms with van der Waals surface area (Å²) in [4.78, 5) is 85.3. The molecular weight excluding hydrogens is 1030 g/mol.